The van der Waals surface area contributed by atoms with Crippen molar-refractivity contribution in [3.8, 4) is 5.69 Å². The van der Waals surface area contributed by atoms with Crippen molar-refractivity contribution in [2.24, 2.45) is 0 Å². The molecule has 0 saturated carbocycles. The maximum Gasteiger partial charge on any atom is 0.325 e. The Bertz CT molecular complexity index is 610. The largest absolute Gasteiger partial charge is 0.465 e. The van der Waals surface area contributed by atoms with E-state index >= 15 is 0 Å². The van der Waals surface area contributed by atoms with E-state index in [2.05, 4.69) is 15.5 Å². The van der Waals surface area contributed by atoms with Gasteiger partial charge in [-0.15, -0.1) is 16.4 Å². The summed E-state index contributed by atoms with van der Waals surface area (Å²) in [6.45, 7) is 4.16. The monoisotopic (exact) mass is 309 g/mol. The number of carbonyl (C=O) groups excluding carboxylic acids is 2. The Balaban J connectivity index is 2.19. The molecule has 0 N–H and O–H groups in total. The number of amides is 1. The second-order valence-corrected chi connectivity index (χ2v) is 4.93. The van der Waals surface area contributed by atoms with Crippen LogP contribution in [0, 0.1) is 0 Å². The van der Waals surface area contributed by atoms with Crippen molar-refractivity contribution in [3.63, 3.8) is 0 Å². The number of esters is 1. The Morgan fingerprint density at radius 2 is 2.24 bits per heavy atom. The number of hydrogen-bond acceptors (Lipinski definition) is 7. The van der Waals surface area contributed by atoms with Gasteiger partial charge in [0, 0.05) is 6.54 Å². The normalized spacial score (nSPS) is 10.4. The molecule has 0 saturated heterocycles. The van der Waals surface area contributed by atoms with Gasteiger partial charge in [0.15, 0.2) is 0 Å². The first-order valence-corrected chi connectivity index (χ1v) is 7.31. The maximum absolute atomic E-state index is 12.5. The zero-order valence-corrected chi connectivity index (χ0v) is 12.5. The Labute approximate surface area is 125 Å². The number of thiophene rings is 1. The molecule has 9 heteroatoms. The Kier molecular flexibility index (Phi) is 4.99. The van der Waals surface area contributed by atoms with Crippen LogP contribution in [0.3, 0.4) is 0 Å². The molecule has 2 aromatic rings. The fourth-order valence-electron chi connectivity index (χ4n) is 1.75. The van der Waals surface area contributed by atoms with Crippen molar-refractivity contribution in [3.05, 3.63) is 22.7 Å². The van der Waals surface area contributed by atoms with Crippen LogP contribution in [-0.2, 0) is 9.53 Å². The first-order valence-electron chi connectivity index (χ1n) is 6.43. The molecule has 0 bridgehead atoms. The molecule has 0 spiro atoms. The minimum absolute atomic E-state index is 0.0733. The van der Waals surface area contributed by atoms with Gasteiger partial charge in [0.25, 0.3) is 5.91 Å². The number of hydrogen-bond donors (Lipinski definition) is 0. The van der Waals surface area contributed by atoms with Crippen LogP contribution < -0.4 is 0 Å². The van der Waals surface area contributed by atoms with Gasteiger partial charge < -0.3 is 9.64 Å². The molecule has 0 aliphatic rings. The third kappa shape index (κ3) is 3.43. The lowest BCUT2D eigenvalue weighted by molar-refractivity contribution is -0.143. The number of likely N-dealkylation sites (N-methyl/N-ethyl adjacent to an activating group) is 1. The summed E-state index contributed by atoms with van der Waals surface area (Å²) in [5.74, 6) is -0.667. The zero-order chi connectivity index (χ0) is 15.2. The fourth-order valence-corrected chi connectivity index (χ4v) is 2.59. The van der Waals surface area contributed by atoms with E-state index in [-0.39, 0.29) is 12.5 Å². The van der Waals surface area contributed by atoms with Crippen LogP contribution in [0.4, 0.5) is 0 Å². The molecule has 21 heavy (non-hydrogen) atoms. The molecule has 1 amide bonds. The van der Waals surface area contributed by atoms with Gasteiger partial charge in [0.1, 0.15) is 17.7 Å². The molecule has 0 atom stereocenters. The van der Waals surface area contributed by atoms with E-state index in [1.807, 2.05) is 0 Å². The van der Waals surface area contributed by atoms with Crippen molar-refractivity contribution < 1.29 is 14.3 Å². The van der Waals surface area contributed by atoms with Crippen LogP contribution in [0.2, 0.25) is 0 Å². The summed E-state index contributed by atoms with van der Waals surface area (Å²) in [4.78, 5) is 26.0. The highest BCUT2D eigenvalue weighted by Gasteiger charge is 2.23. The average Bonchev–Trinajstić information content (AvgIpc) is 3.13. The van der Waals surface area contributed by atoms with E-state index in [4.69, 9.17) is 4.74 Å². The van der Waals surface area contributed by atoms with Gasteiger partial charge in [0.2, 0.25) is 0 Å². The summed E-state index contributed by atoms with van der Waals surface area (Å²) in [6, 6.07) is 1.76. The first-order chi connectivity index (χ1) is 10.2. The van der Waals surface area contributed by atoms with Gasteiger partial charge in [-0.05, 0) is 35.7 Å². The second kappa shape index (κ2) is 6.93. The van der Waals surface area contributed by atoms with E-state index in [1.165, 1.54) is 27.2 Å². The molecule has 0 aliphatic carbocycles. The quantitative estimate of drug-likeness (QED) is 0.731. The fraction of sp³-hybridized carbons (Fsp3) is 0.417. The van der Waals surface area contributed by atoms with E-state index < -0.39 is 5.97 Å². The number of tetrazole rings is 1. The first kappa shape index (κ1) is 15.1. The highest BCUT2D eigenvalue weighted by atomic mass is 32.1. The predicted octanol–water partition coefficient (Wildman–Crippen LogP) is 0.749. The van der Waals surface area contributed by atoms with E-state index in [0.29, 0.717) is 23.7 Å². The topological polar surface area (TPSA) is 90.2 Å². The lowest BCUT2D eigenvalue weighted by Crippen LogP contribution is -2.36. The maximum atomic E-state index is 12.5. The molecule has 0 radical (unpaired) electrons. The number of nitrogens with zero attached hydrogens (tertiary/aromatic N) is 5. The highest BCUT2D eigenvalue weighted by molar-refractivity contribution is 7.12. The van der Waals surface area contributed by atoms with Crippen molar-refractivity contribution in [1.82, 2.24) is 25.1 Å². The zero-order valence-electron chi connectivity index (χ0n) is 11.7. The molecule has 0 aliphatic heterocycles. The van der Waals surface area contributed by atoms with Crippen molar-refractivity contribution in [1.29, 1.82) is 0 Å². The van der Waals surface area contributed by atoms with Gasteiger partial charge in [-0.25, -0.2) is 0 Å². The number of rotatable bonds is 6. The minimum Gasteiger partial charge on any atom is -0.465 e. The summed E-state index contributed by atoms with van der Waals surface area (Å²) in [6.07, 6.45) is 1.42. The van der Waals surface area contributed by atoms with Crippen LogP contribution in [0.5, 0.6) is 0 Å². The summed E-state index contributed by atoms with van der Waals surface area (Å²) in [7, 11) is 0. The van der Waals surface area contributed by atoms with Gasteiger partial charge in [-0.2, -0.15) is 4.68 Å². The van der Waals surface area contributed by atoms with E-state index in [0.717, 1.165) is 0 Å². The lowest BCUT2D eigenvalue weighted by Gasteiger charge is -2.19. The van der Waals surface area contributed by atoms with E-state index in [1.54, 1.807) is 25.3 Å². The van der Waals surface area contributed by atoms with Gasteiger partial charge in [-0.1, -0.05) is 0 Å². The van der Waals surface area contributed by atoms with Crippen LogP contribution in [0.25, 0.3) is 5.69 Å². The SMILES string of the molecule is CCOC(=O)CN(CC)C(=O)c1sccc1-n1cnnn1. The van der Waals surface area contributed by atoms with Crippen LogP contribution in [0.15, 0.2) is 17.8 Å². The minimum atomic E-state index is -0.423. The van der Waals surface area contributed by atoms with Crippen molar-refractivity contribution in [2.75, 3.05) is 19.7 Å². The lowest BCUT2D eigenvalue weighted by atomic mass is 10.3. The molecule has 0 aromatic carbocycles. The molecular formula is C12H15N5O3S. The molecule has 0 unspecified atom stereocenters. The van der Waals surface area contributed by atoms with Crippen molar-refractivity contribution in [2.45, 2.75) is 13.8 Å². The molecule has 2 heterocycles. The van der Waals surface area contributed by atoms with Gasteiger partial charge in [0.05, 0.1) is 12.3 Å². The molecule has 0 fully saturated rings. The Morgan fingerprint density at radius 1 is 1.43 bits per heavy atom. The van der Waals surface area contributed by atoms with Gasteiger partial charge >= 0.3 is 5.97 Å². The van der Waals surface area contributed by atoms with Gasteiger partial charge in [-0.3, -0.25) is 9.59 Å². The summed E-state index contributed by atoms with van der Waals surface area (Å²) < 4.78 is 6.30. The number of aromatic nitrogens is 4. The van der Waals surface area contributed by atoms with Crippen LogP contribution in [0.1, 0.15) is 23.5 Å². The van der Waals surface area contributed by atoms with Crippen LogP contribution in [-0.4, -0.2) is 56.7 Å². The highest BCUT2D eigenvalue weighted by Crippen LogP contribution is 2.21. The smallest absolute Gasteiger partial charge is 0.325 e. The Morgan fingerprint density at radius 3 is 2.86 bits per heavy atom. The summed E-state index contributed by atoms with van der Waals surface area (Å²) >= 11 is 1.28. The van der Waals surface area contributed by atoms with Crippen LogP contribution >= 0.6 is 11.3 Å². The summed E-state index contributed by atoms with van der Waals surface area (Å²) in [5, 5.41) is 12.7. The molecule has 112 valence electrons. The predicted molar refractivity (Wildman–Crippen MR) is 75.2 cm³/mol. The molecule has 2 aromatic heterocycles. The van der Waals surface area contributed by atoms with E-state index in [9.17, 15) is 9.59 Å². The number of ether oxygens (including phenoxy) is 1. The number of carbonyl (C=O) groups is 2. The third-order valence-electron chi connectivity index (χ3n) is 2.73. The molecule has 8 nitrogen and oxygen atoms in total. The van der Waals surface area contributed by atoms with Crippen molar-refractivity contribution >= 4 is 23.2 Å². The Hall–Kier alpha value is -2.29. The standard InChI is InChI=1S/C12H15N5O3S/c1-3-16(7-10(18)20-4-2)12(19)11-9(5-6-21-11)17-8-13-14-15-17/h5-6,8H,3-4,7H2,1-2H3. The molecular weight excluding hydrogens is 294 g/mol. The third-order valence-corrected chi connectivity index (χ3v) is 3.62. The average molecular weight is 309 g/mol. The molecule has 2 rings (SSSR count). The summed E-state index contributed by atoms with van der Waals surface area (Å²) in [5.41, 5.74) is 0.595. The second-order valence-electron chi connectivity index (χ2n) is 4.01.